The molecule has 138 valence electrons. The van der Waals surface area contributed by atoms with Crippen LogP contribution in [-0.4, -0.2) is 37.4 Å². The number of rotatable bonds is 7. The van der Waals surface area contributed by atoms with Crippen LogP contribution in [0.15, 0.2) is 48.5 Å². The number of carbonyl (C=O) groups excluding carboxylic acids is 3. The fourth-order valence-electron chi connectivity index (χ4n) is 2.21. The molecule has 1 amide bonds. The summed E-state index contributed by atoms with van der Waals surface area (Å²) in [5.74, 6) is -0.754. The molecule has 27 heavy (non-hydrogen) atoms. The van der Waals surface area contributed by atoms with Crippen molar-refractivity contribution in [1.29, 1.82) is 5.26 Å². The third-order valence-corrected chi connectivity index (χ3v) is 3.74. The summed E-state index contributed by atoms with van der Waals surface area (Å²) in [6.07, 6.45) is 0. The lowest BCUT2D eigenvalue weighted by Gasteiger charge is -2.13. The number of hydrogen-bond donors (Lipinski definition) is 1. The van der Waals surface area contributed by atoms with E-state index in [4.69, 9.17) is 10.00 Å². The van der Waals surface area contributed by atoms with Gasteiger partial charge in [0.1, 0.15) is 5.75 Å². The number of Topliss-reactive ketones (excluding diaryl/α,β-unsaturated/α-hetero) is 1. The molecule has 0 radical (unpaired) electrons. The van der Waals surface area contributed by atoms with Crippen LogP contribution in [0.5, 0.6) is 5.75 Å². The van der Waals surface area contributed by atoms with Crippen molar-refractivity contribution in [3.05, 3.63) is 65.2 Å². The van der Waals surface area contributed by atoms with Gasteiger partial charge in [-0.25, -0.2) is 4.79 Å². The molecule has 2 rings (SSSR count). The second-order valence-corrected chi connectivity index (χ2v) is 5.64. The predicted octanol–water partition coefficient (Wildman–Crippen LogP) is 2.11. The quantitative estimate of drug-likeness (QED) is 0.594. The van der Waals surface area contributed by atoms with Crippen molar-refractivity contribution >= 4 is 17.7 Å². The molecule has 2 aromatic carbocycles. The third kappa shape index (κ3) is 5.41. The van der Waals surface area contributed by atoms with Crippen LogP contribution in [0.2, 0.25) is 0 Å². The second-order valence-electron chi connectivity index (χ2n) is 5.64. The van der Waals surface area contributed by atoms with Crippen molar-refractivity contribution in [2.24, 2.45) is 0 Å². The largest absolute Gasteiger partial charge is 0.482 e. The van der Waals surface area contributed by atoms with Crippen LogP contribution in [0.3, 0.4) is 0 Å². The van der Waals surface area contributed by atoms with Crippen molar-refractivity contribution in [1.82, 2.24) is 5.32 Å². The van der Waals surface area contributed by atoms with Crippen molar-refractivity contribution in [2.45, 2.75) is 13.0 Å². The number of methoxy groups -OCH3 is 1. The Kier molecular flexibility index (Phi) is 6.67. The lowest BCUT2D eigenvalue weighted by Crippen LogP contribution is -2.38. The van der Waals surface area contributed by atoms with E-state index in [2.05, 4.69) is 10.1 Å². The first-order valence-electron chi connectivity index (χ1n) is 8.09. The molecule has 0 spiro atoms. The van der Waals surface area contributed by atoms with Gasteiger partial charge in [-0.05, 0) is 55.5 Å². The summed E-state index contributed by atoms with van der Waals surface area (Å²) in [4.78, 5) is 35.7. The van der Waals surface area contributed by atoms with Crippen LogP contribution in [0, 0.1) is 11.3 Å². The number of ether oxygens (including phenoxy) is 2. The molecule has 0 fully saturated rings. The maximum atomic E-state index is 12.5. The molecule has 0 heterocycles. The minimum atomic E-state index is -0.741. The molecule has 0 aliphatic carbocycles. The highest BCUT2D eigenvalue weighted by atomic mass is 16.6. The second kappa shape index (κ2) is 9.15. The maximum absolute atomic E-state index is 12.5. The Labute approximate surface area is 156 Å². The highest BCUT2D eigenvalue weighted by molar-refractivity contribution is 6.04. The predicted molar refractivity (Wildman–Crippen MR) is 96.4 cm³/mol. The molecule has 0 aliphatic heterocycles. The van der Waals surface area contributed by atoms with Gasteiger partial charge in [0.15, 0.2) is 12.4 Å². The minimum absolute atomic E-state index is 0.221. The summed E-state index contributed by atoms with van der Waals surface area (Å²) in [5.41, 5.74) is 1.21. The fraction of sp³-hybridized carbons (Fsp3) is 0.200. The lowest BCUT2D eigenvalue weighted by atomic mass is 10.0. The first-order valence-corrected chi connectivity index (χ1v) is 8.09. The monoisotopic (exact) mass is 366 g/mol. The van der Waals surface area contributed by atoms with E-state index in [0.29, 0.717) is 22.4 Å². The summed E-state index contributed by atoms with van der Waals surface area (Å²) in [6, 6.07) is 13.6. The molecule has 0 aromatic heterocycles. The average Bonchev–Trinajstić information content (AvgIpc) is 2.71. The number of nitrogens with one attached hydrogen (secondary N) is 1. The molecule has 1 N–H and O–H groups in total. The Morgan fingerprint density at radius 2 is 1.63 bits per heavy atom. The van der Waals surface area contributed by atoms with Gasteiger partial charge in [0, 0.05) is 11.1 Å². The van der Waals surface area contributed by atoms with Crippen molar-refractivity contribution in [3.8, 4) is 11.8 Å². The van der Waals surface area contributed by atoms with Crippen LogP contribution in [0.25, 0.3) is 0 Å². The van der Waals surface area contributed by atoms with E-state index in [1.165, 1.54) is 31.4 Å². The van der Waals surface area contributed by atoms with Gasteiger partial charge in [-0.2, -0.15) is 5.26 Å². The van der Waals surface area contributed by atoms with Crippen molar-refractivity contribution in [2.75, 3.05) is 13.7 Å². The van der Waals surface area contributed by atoms with E-state index in [9.17, 15) is 14.4 Å². The van der Waals surface area contributed by atoms with Crippen LogP contribution in [0.4, 0.5) is 0 Å². The van der Waals surface area contributed by atoms with Gasteiger partial charge in [0.25, 0.3) is 5.91 Å². The zero-order valence-corrected chi connectivity index (χ0v) is 14.9. The Hall–Kier alpha value is -3.66. The van der Waals surface area contributed by atoms with Crippen LogP contribution in [-0.2, 0) is 9.53 Å². The van der Waals surface area contributed by atoms with Gasteiger partial charge >= 0.3 is 5.97 Å². The average molecular weight is 366 g/mol. The van der Waals surface area contributed by atoms with Gasteiger partial charge in [0.2, 0.25) is 0 Å². The first-order chi connectivity index (χ1) is 12.9. The molecule has 0 saturated heterocycles. The van der Waals surface area contributed by atoms with E-state index >= 15 is 0 Å². The zero-order valence-electron chi connectivity index (χ0n) is 14.9. The Bertz CT molecular complexity index is 867. The number of benzene rings is 2. The van der Waals surface area contributed by atoms with E-state index in [1.807, 2.05) is 6.07 Å². The molecular weight excluding hydrogens is 348 g/mol. The van der Waals surface area contributed by atoms with Crippen molar-refractivity contribution in [3.63, 3.8) is 0 Å². The topological polar surface area (TPSA) is 105 Å². The smallest absolute Gasteiger partial charge is 0.343 e. The summed E-state index contributed by atoms with van der Waals surface area (Å²) < 4.78 is 9.69. The van der Waals surface area contributed by atoms with Crippen LogP contribution >= 0.6 is 0 Å². The number of nitriles is 1. The summed E-state index contributed by atoms with van der Waals surface area (Å²) in [5, 5.41) is 11.4. The van der Waals surface area contributed by atoms with E-state index in [1.54, 1.807) is 31.2 Å². The van der Waals surface area contributed by atoms with Crippen LogP contribution in [0.1, 0.15) is 33.2 Å². The number of hydrogen-bond acceptors (Lipinski definition) is 6. The SMILES string of the molecule is COC(=O)COc1ccc(C(=O)[C@H](C)NC(=O)c2ccc(C#N)cc2)cc1. The molecule has 7 heteroatoms. The van der Waals surface area contributed by atoms with Crippen molar-refractivity contribution < 1.29 is 23.9 Å². The summed E-state index contributed by atoms with van der Waals surface area (Å²) in [6.45, 7) is 1.37. The Morgan fingerprint density at radius 1 is 1.04 bits per heavy atom. The Morgan fingerprint density at radius 3 is 2.19 bits per heavy atom. The highest BCUT2D eigenvalue weighted by Gasteiger charge is 2.18. The molecule has 7 nitrogen and oxygen atoms in total. The summed E-state index contributed by atoms with van der Waals surface area (Å²) in [7, 11) is 1.26. The number of amides is 1. The van der Waals surface area contributed by atoms with E-state index in [-0.39, 0.29) is 12.4 Å². The molecule has 0 saturated carbocycles. The molecule has 0 unspecified atom stereocenters. The van der Waals surface area contributed by atoms with Crippen LogP contribution < -0.4 is 10.1 Å². The lowest BCUT2D eigenvalue weighted by molar-refractivity contribution is -0.142. The first kappa shape index (κ1) is 19.7. The molecular formula is C20H18N2O5. The minimum Gasteiger partial charge on any atom is -0.482 e. The number of esters is 1. The zero-order chi connectivity index (χ0) is 19.8. The highest BCUT2D eigenvalue weighted by Crippen LogP contribution is 2.14. The molecule has 2 aromatic rings. The summed E-state index contributed by atoms with van der Waals surface area (Å²) >= 11 is 0. The molecule has 0 bridgehead atoms. The van der Waals surface area contributed by atoms with Gasteiger partial charge in [0.05, 0.1) is 24.8 Å². The number of carbonyl (C=O) groups is 3. The third-order valence-electron chi connectivity index (χ3n) is 3.74. The standard InChI is InChI=1S/C20H18N2O5/c1-13(22-20(25)16-5-3-14(11-21)4-6-16)19(24)15-7-9-17(10-8-15)27-12-18(23)26-2/h3-10,13H,12H2,1-2H3,(H,22,25)/t13-/m0/s1. The maximum Gasteiger partial charge on any atom is 0.343 e. The van der Waals surface area contributed by atoms with Gasteiger partial charge in [-0.3, -0.25) is 9.59 Å². The molecule has 0 aliphatic rings. The van der Waals surface area contributed by atoms with Gasteiger partial charge < -0.3 is 14.8 Å². The normalized spacial score (nSPS) is 11.0. The Balaban J connectivity index is 1.96. The van der Waals surface area contributed by atoms with E-state index < -0.39 is 17.9 Å². The van der Waals surface area contributed by atoms with Gasteiger partial charge in [-0.1, -0.05) is 0 Å². The molecule has 1 atom stereocenters. The number of ketones is 1. The fourth-order valence-corrected chi connectivity index (χ4v) is 2.21. The van der Waals surface area contributed by atoms with E-state index in [0.717, 1.165) is 0 Å². The van der Waals surface area contributed by atoms with Gasteiger partial charge in [-0.15, -0.1) is 0 Å². The number of nitrogens with zero attached hydrogens (tertiary/aromatic N) is 1.